The molecule has 0 bridgehead atoms. The molecule has 0 amide bonds. The molecule has 1 fully saturated rings. The van der Waals surface area contributed by atoms with Gasteiger partial charge in [-0.2, -0.15) is 0 Å². The fourth-order valence-corrected chi connectivity index (χ4v) is 1.42. The molecule has 0 aromatic heterocycles. The van der Waals surface area contributed by atoms with Gasteiger partial charge in [0.05, 0.1) is 19.3 Å². The zero-order valence-electron chi connectivity index (χ0n) is 7.54. The van der Waals surface area contributed by atoms with Gasteiger partial charge >= 0.3 is 5.97 Å². The second kappa shape index (κ2) is 3.41. The molecule has 0 saturated carbocycles. The van der Waals surface area contributed by atoms with Crippen molar-refractivity contribution >= 4 is 5.97 Å². The zero-order valence-corrected chi connectivity index (χ0v) is 7.54. The lowest BCUT2D eigenvalue weighted by atomic mass is 10.1. The highest BCUT2D eigenvalue weighted by Crippen LogP contribution is 2.19. The van der Waals surface area contributed by atoms with Gasteiger partial charge in [-0.05, 0) is 13.3 Å². The smallest absolute Gasteiger partial charge is 0.319 e. The minimum Gasteiger partial charge on any atom is -0.468 e. The molecule has 12 heavy (non-hydrogen) atoms. The molecule has 1 N–H and O–H groups in total. The van der Waals surface area contributed by atoms with E-state index in [-0.39, 0.29) is 12.5 Å². The highest BCUT2D eigenvalue weighted by molar-refractivity contribution is 5.71. The second-order valence-corrected chi connectivity index (χ2v) is 3.53. The molecular formula is C8H15NO3. The molecule has 0 spiro atoms. The number of likely N-dealkylation sites (tertiary alicyclic amines) is 1. The van der Waals surface area contributed by atoms with Gasteiger partial charge in [0.2, 0.25) is 0 Å². The molecule has 4 nitrogen and oxygen atoms in total. The molecule has 1 aliphatic heterocycles. The van der Waals surface area contributed by atoms with Crippen LogP contribution in [-0.2, 0) is 9.53 Å². The molecule has 0 aromatic rings. The van der Waals surface area contributed by atoms with Crippen LogP contribution >= 0.6 is 0 Å². The third-order valence-corrected chi connectivity index (χ3v) is 2.11. The van der Waals surface area contributed by atoms with Crippen LogP contribution in [0.3, 0.4) is 0 Å². The number of rotatable bonds is 2. The predicted octanol–water partition coefficient (Wildman–Crippen LogP) is -0.384. The highest BCUT2D eigenvalue weighted by Gasteiger charge is 2.32. The number of aliphatic hydroxyl groups is 1. The first-order chi connectivity index (χ1) is 5.53. The minimum absolute atomic E-state index is 0.243. The summed E-state index contributed by atoms with van der Waals surface area (Å²) in [6.45, 7) is 3.39. The Kier molecular flexibility index (Phi) is 2.69. The zero-order chi connectivity index (χ0) is 9.19. The summed E-state index contributed by atoms with van der Waals surface area (Å²) in [6.07, 6.45) is 0.726. The molecule has 1 unspecified atom stereocenters. The SMILES string of the molecule is COC(=O)CN1CCC(C)(O)C1. The normalized spacial score (nSPS) is 30.6. The fourth-order valence-electron chi connectivity index (χ4n) is 1.42. The van der Waals surface area contributed by atoms with Crippen molar-refractivity contribution in [1.82, 2.24) is 4.90 Å². The standard InChI is InChI=1S/C8H15NO3/c1-8(11)3-4-9(6-8)5-7(10)12-2/h11H,3-6H2,1-2H3. The Bertz CT molecular complexity index is 179. The first kappa shape index (κ1) is 9.48. The summed E-state index contributed by atoms with van der Waals surface area (Å²) in [6, 6.07) is 0. The minimum atomic E-state index is -0.631. The molecule has 1 atom stereocenters. The summed E-state index contributed by atoms with van der Waals surface area (Å²) >= 11 is 0. The molecule has 4 heteroatoms. The maximum Gasteiger partial charge on any atom is 0.319 e. The van der Waals surface area contributed by atoms with Crippen molar-refractivity contribution in [1.29, 1.82) is 0 Å². The van der Waals surface area contributed by atoms with Gasteiger partial charge in [0.15, 0.2) is 0 Å². The number of esters is 1. The number of methoxy groups -OCH3 is 1. The van der Waals surface area contributed by atoms with Gasteiger partial charge in [0, 0.05) is 13.1 Å². The van der Waals surface area contributed by atoms with E-state index >= 15 is 0 Å². The van der Waals surface area contributed by atoms with Crippen LogP contribution in [0, 0.1) is 0 Å². The largest absolute Gasteiger partial charge is 0.468 e. The summed E-state index contributed by atoms with van der Waals surface area (Å²) < 4.78 is 4.52. The van der Waals surface area contributed by atoms with Crippen LogP contribution in [0.25, 0.3) is 0 Å². The Balaban J connectivity index is 2.33. The van der Waals surface area contributed by atoms with Crippen LogP contribution in [-0.4, -0.2) is 48.3 Å². The van der Waals surface area contributed by atoms with Gasteiger partial charge in [0.1, 0.15) is 0 Å². The number of carbonyl (C=O) groups is 1. The lowest BCUT2D eigenvalue weighted by Gasteiger charge is -2.17. The van der Waals surface area contributed by atoms with E-state index in [4.69, 9.17) is 0 Å². The van der Waals surface area contributed by atoms with Crippen LogP contribution < -0.4 is 0 Å². The van der Waals surface area contributed by atoms with E-state index < -0.39 is 5.60 Å². The number of ether oxygens (including phenoxy) is 1. The number of hydrogen-bond acceptors (Lipinski definition) is 4. The summed E-state index contributed by atoms with van der Waals surface area (Å²) in [5.41, 5.74) is -0.631. The Labute approximate surface area is 72.1 Å². The van der Waals surface area contributed by atoms with Crippen molar-refractivity contribution in [2.24, 2.45) is 0 Å². The van der Waals surface area contributed by atoms with Crippen molar-refractivity contribution < 1.29 is 14.6 Å². The molecule has 1 saturated heterocycles. The van der Waals surface area contributed by atoms with Crippen LogP contribution in [0.15, 0.2) is 0 Å². The molecule has 1 aliphatic rings. The molecule has 70 valence electrons. The van der Waals surface area contributed by atoms with Gasteiger partial charge < -0.3 is 9.84 Å². The van der Waals surface area contributed by atoms with Gasteiger partial charge in [-0.25, -0.2) is 0 Å². The maximum absolute atomic E-state index is 10.8. The first-order valence-electron chi connectivity index (χ1n) is 4.05. The van der Waals surface area contributed by atoms with Crippen LogP contribution in [0.4, 0.5) is 0 Å². The fraction of sp³-hybridized carbons (Fsp3) is 0.875. The molecule has 0 aromatic carbocycles. The van der Waals surface area contributed by atoms with Gasteiger partial charge in [-0.15, -0.1) is 0 Å². The summed E-state index contributed by atoms with van der Waals surface area (Å²) in [5, 5.41) is 9.56. The van der Waals surface area contributed by atoms with E-state index in [0.29, 0.717) is 6.54 Å². The van der Waals surface area contributed by atoms with Crippen LogP contribution in [0.5, 0.6) is 0 Å². The van der Waals surface area contributed by atoms with Crippen LogP contribution in [0.1, 0.15) is 13.3 Å². The van der Waals surface area contributed by atoms with Crippen LogP contribution in [0.2, 0.25) is 0 Å². The molecular weight excluding hydrogens is 158 g/mol. The van der Waals surface area contributed by atoms with Crippen molar-refractivity contribution in [2.75, 3.05) is 26.7 Å². The Morgan fingerprint density at radius 2 is 2.42 bits per heavy atom. The van der Waals surface area contributed by atoms with E-state index in [1.165, 1.54) is 7.11 Å². The quantitative estimate of drug-likeness (QED) is 0.578. The summed E-state index contributed by atoms with van der Waals surface area (Å²) in [7, 11) is 1.37. The van der Waals surface area contributed by atoms with Crippen molar-refractivity contribution in [3.05, 3.63) is 0 Å². The molecule has 1 rings (SSSR count). The third kappa shape index (κ3) is 2.46. The monoisotopic (exact) mass is 173 g/mol. The van der Waals surface area contributed by atoms with Gasteiger partial charge in [-0.3, -0.25) is 9.69 Å². The summed E-state index contributed by atoms with van der Waals surface area (Å²) in [4.78, 5) is 12.7. The number of β-amino-alcohol motifs (C(OH)–C–C–N with tert-alkyl or cyclic N) is 1. The maximum atomic E-state index is 10.8. The molecule has 0 radical (unpaired) electrons. The van der Waals surface area contributed by atoms with Gasteiger partial charge in [0.25, 0.3) is 0 Å². The van der Waals surface area contributed by atoms with E-state index in [0.717, 1.165) is 13.0 Å². The molecule has 1 heterocycles. The van der Waals surface area contributed by atoms with Gasteiger partial charge in [-0.1, -0.05) is 0 Å². The van der Waals surface area contributed by atoms with E-state index in [2.05, 4.69) is 4.74 Å². The first-order valence-corrected chi connectivity index (χ1v) is 4.05. The highest BCUT2D eigenvalue weighted by atomic mass is 16.5. The van der Waals surface area contributed by atoms with E-state index in [9.17, 15) is 9.90 Å². The topological polar surface area (TPSA) is 49.8 Å². The summed E-state index contributed by atoms with van der Waals surface area (Å²) in [5.74, 6) is -0.243. The van der Waals surface area contributed by atoms with E-state index in [1.807, 2.05) is 4.90 Å². The number of nitrogens with zero attached hydrogens (tertiary/aromatic N) is 1. The predicted molar refractivity (Wildman–Crippen MR) is 43.7 cm³/mol. The van der Waals surface area contributed by atoms with E-state index in [1.54, 1.807) is 6.92 Å². The number of hydrogen-bond donors (Lipinski definition) is 1. The average Bonchev–Trinajstić information content (AvgIpc) is 2.30. The van der Waals surface area contributed by atoms with Crippen molar-refractivity contribution in [3.8, 4) is 0 Å². The molecule has 0 aliphatic carbocycles. The second-order valence-electron chi connectivity index (χ2n) is 3.53. The van der Waals surface area contributed by atoms with Crippen molar-refractivity contribution in [3.63, 3.8) is 0 Å². The Morgan fingerprint density at radius 3 is 2.83 bits per heavy atom. The Morgan fingerprint density at radius 1 is 1.75 bits per heavy atom. The third-order valence-electron chi connectivity index (χ3n) is 2.11. The number of carbonyl (C=O) groups excluding carboxylic acids is 1. The Hall–Kier alpha value is -0.610. The van der Waals surface area contributed by atoms with Crippen molar-refractivity contribution in [2.45, 2.75) is 18.9 Å². The average molecular weight is 173 g/mol. The lowest BCUT2D eigenvalue weighted by Crippen LogP contribution is -2.33. The lowest BCUT2D eigenvalue weighted by molar-refractivity contribution is -0.141.